The number of carboxylic acids is 1. The number of amides is 1. The lowest BCUT2D eigenvalue weighted by Gasteiger charge is -2.16. The van der Waals surface area contributed by atoms with Crippen LogP contribution in [0.15, 0.2) is 53.5 Å². The number of hydrogen-bond donors (Lipinski definition) is 2. The molecule has 2 N–H and O–H groups in total. The predicted octanol–water partition coefficient (Wildman–Crippen LogP) is 5.58. The Balaban J connectivity index is 1.45. The second-order valence-electron chi connectivity index (χ2n) is 9.71. The number of halogens is 1. The molecule has 4 aromatic rings. The zero-order valence-corrected chi connectivity index (χ0v) is 22.8. The Hall–Kier alpha value is -4.18. The highest BCUT2D eigenvalue weighted by atomic mass is 32.1. The van der Waals surface area contributed by atoms with Gasteiger partial charge in [0.2, 0.25) is 5.91 Å². The number of rotatable bonds is 7. The Bertz CT molecular complexity index is 1590. The van der Waals surface area contributed by atoms with Crippen LogP contribution in [0.3, 0.4) is 0 Å². The van der Waals surface area contributed by atoms with Crippen LogP contribution in [0, 0.1) is 32.5 Å². The molecule has 2 atom stereocenters. The molecule has 200 valence electrons. The first-order valence-corrected chi connectivity index (χ1v) is 13.4. The van der Waals surface area contributed by atoms with Crippen molar-refractivity contribution in [3.05, 3.63) is 93.1 Å². The van der Waals surface area contributed by atoms with Gasteiger partial charge in [0.05, 0.1) is 11.6 Å². The number of nitrogens with one attached hydrogen (secondary N) is 1. The molecule has 0 saturated carbocycles. The molecule has 0 radical (unpaired) electrons. The van der Waals surface area contributed by atoms with E-state index >= 15 is 0 Å². The van der Waals surface area contributed by atoms with Gasteiger partial charge in [0, 0.05) is 28.1 Å². The summed E-state index contributed by atoms with van der Waals surface area (Å²) >= 11 is 1.61. The standard InChI is InChI=1S/C29H28FN5O3S/c1-15-17(3)39-28-24(15)26(32-25(16(2)29(37)38)27-34-33-18(4)35(27)28)20-8-12-22(13-9-20)31-23(36)14-7-19-5-10-21(30)11-6-19/h5-6,8-13,16,25H,7,14H2,1-4H3,(H,31,36)(H,37,38)/t16?,25-/m0/s1. The van der Waals surface area contributed by atoms with Crippen molar-refractivity contribution in [3.8, 4) is 5.00 Å². The van der Waals surface area contributed by atoms with E-state index in [1.165, 1.54) is 12.1 Å². The zero-order chi connectivity index (χ0) is 27.8. The summed E-state index contributed by atoms with van der Waals surface area (Å²) in [4.78, 5) is 30.7. The van der Waals surface area contributed by atoms with Gasteiger partial charge in [0.1, 0.15) is 22.7 Å². The van der Waals surface area contributed by atoms with Gasteiger partial charge in [0.15, 0.2) is 5.82 Å². The lowest BCUT2D eigenvalue weighted by atomic mass is 9.98. The number of thiophene rings is 1. The SMILES string of the molecule is Cc1sc2c(c1C)C(c1ccc(NC(=O)CCc3ccc(F)cc3)cc1)=N[C@@H](C(C)C(=O)O)c1nnc(C)n1-2. The number of carbonyl (C=O) groups excluding carboxylic acids is 1. The Morgan fingerprint density at radius 1 is 1.08 bits per heavy atom. The van der Waals surface area contributed by atoms with Crippen LogP contribution in [0.5, 0.6) is 0 Å². The first kappa shape index (κ1) is 26.4. The van der Waals surface area contributed by atoms with Gasteiger partial charge in [-0.1, -0.05) is 24.3 Å². The average molecular weight is 546 g/mol. The smallest absolute Gasteiger partial charge is 0.308 e. The van der Waals surface area contributed by atoms with Crippen molar-refractivity contribution < 1.29 is 19.1 Å². The van der Waals surface area contributed by atoms with E-state index in [-0.39, 0.29) is 18.1 Å². The van der Waals surface area contributed by atoms with Gasteiger partial charge in [-0.15, -0.1) is 21.5 Å². The average Bonchev–Trinajstić information content (AvgIpc) is 3.38. The highest BCUT2D eigenvalue weighted by molar-refractivity contribution is 7.15. The summed E-state index contributed by atoms with van der Waals surface area (Å²) in [6, 6.07) is 12.8. The molecule has 5 rings (SSSR count). The monoisotopic (exact) mass is 545 g/mol. The molecule has 3 heterocycles. The van der Waals surface area contributed by atoms with Crippen molar-refractivity contribution in [2.24, 2.45) is 10.9 Å². The van der Waals surface area contributed by atoms with E-state index < -0.39 is 17.9 Å². The van der Waals surface area contributed by atoms with Crippen LogP contribution in [0.4, 0.5) is 10.1 Å². The molecule has 0 saturated heterocycles. The zero-order valence-electron chi connectivity index (χ0n) is 22.0. The Morgan fingerprint density at radius 3 is 2.44 bits per heavy atom. The van der Waals surface area contributed by atoms with Gasteiger partial charge in [-0.25, -0.2) is 4.39 Å². The molecule has 0 bridgehead atoms. The largest absolute Gasteiger partial charge is 0.481 e. The minimum absolute atomic E-state index is 0.144. The van der Waals surface area contributed by atoms with Crippen molar-refractivity contribution in [1.82, 2.24) is 14.8 Å². The number of fused-ring (bicyclic) bond motifs is 3. The number of benzene rings is 2. The van der Waals surface area contributed by atoms with E-state index in [0.717, 1.165) is 32.1 Å². The summed E-state index contributed by atoms with van der Waals surface area (Å²) in [6.45, 7) is 7.57. The number of anilines is 1. The third-order valence-corrected chi connectivity index (χ3v) is 8.24. The molecule has 1 aliphatic rings. The number of nitrogens with zero attached hydrogens (tertiary/aromatic N) is 4. The number of carboxylic acid groups (broad SMARTS) is 1. The fraction of sp³-hybridized carbons (Fsp3) is 0.276. The third kappa shape index (κ3) is 5.12. The van der Waals surface area contributed by atoms with Gasteiger partial charge in [-0.2, -0.15) is 0 Å². The first-order valence-electron chi connectivity index (χ1n) is 12.6. The molecule has 0 spiro atoms. The minimum Gasteiger partial charge on any atom is -0.481 e. The predicted molar refractivity (Wildman–Crippen MR) is 148 cm³/mol. The molecule has 1 unspecified atom stereocenters. The van der Waals surface area contributed by atoms with Gasteiger partial charge in [0.25, 0.3) is 0 Å². The maximum atomic E-state index is 13.1. The van der Waals surface area contributed by atoms with Crippen LogP contribution in [-0.2, 0) is 16.0 Å². The van der Waals surface area contributed by atoms with Crippen molar-refractivity contribution in [2.75, 3.05) is 5.32 Å². The maximum absolute atomic E-state index is 13.1. The van der Waals surface area contributed by atoms with Crippen molar-refractivity contribution in [1.29, 1.82) is 0 Å². The van der Waals surface area contributed by atoms with E-state index in [0.29, 0.717) is 29.5 Å². The fourth-order valence-electron chi connectivity index (χ4n) is 4.66. The topological polar surface area (TPSA) is 109 Å². The van der Waals surface area contributed by atoms with Crippen molar-refractivity contribution in [2.45, 2.75) is 46.6 Å². The third-order valence-electron chi connectivity index (χ3n) is 7.05. The quantitative estimate of drug-likeness (QED) is 0.315. The Labute approximate surface area is 229 Å². The summed E-state index contributed by atoms with van der Waals surface area (Å²) in [5, 5.41) is 22.3. The number of aryl methyl sites for hydroxylation is 3. The molecule has 8 nitrogen and oxygen atoms in total. The van der Waals surface area contributed by atoms with Crippen LogP contribution < -0.4 is 5.32 Å². The first-order chi connectivity index (χ1) is 18.6. The second-order valence-corrected chi connectivity index (χ2v) is 10.9. The number of aliphatic carboxylic acids is 1. The summed E-state index contributed by atoms with van der Waals surface area (Å²) in [7, 11) is 0. The van der Waals surface area contributed by atoms with Gasteiger partial charge < -0.3 is 10.4 Å². The van der Waals surface area contributed by atoms with Crippen LogP contribution in [0.25, 0.3) is 5.00 Å². The second kappa shape index (κ2) is 10.5. The molecule has 1 aliphatic heterocycles. The maximum Gasteiger partial charge on any atom is 0.308 e. The van der Waals surface area contributed by atoms with E-state index in [1.807, 2.05) is 49.6 Å². The van der Waals surface area contributed by atoms with Crippen LogP contribution in [-0.4, -0.2) is 37.5 Å². The lowest BCUT2D eigenvalue weighted by molar-refractivity contribution is -0.141. The van der Waals surface area contributed by atoms with Gasteiger partial charge in [-0.3, -0.25) is 19.1 Å². The molecular weight excluding hydrogens is 517 g/mol. The van der Waals surface area contributed by atoms with Crippen LogP contribution >= 0.6 is 11.3 Å². The molecule has 2 aromatic heterocycles. The molecule has 0 aliphatic carbocycles. The molecular formula is C29H28FN5O3S. The normalized spacial score (nSPS) is 15.1. The van der Waals surface area contributed by atoms with E-state index in [9.17, 15) is 19.1 Å². The fourth-order valence-corrected chi connectivity index (χ4v) is 5.88. The lowest BCUT2D eigenvalue weighted by Crippen LogP contribution is -2.21. The summed E-state index contributed by atoms with van der Waals surface area (Å²) in [5.41, 5.74) is 5.01. The Morgan fingerprint density at radius 2 is 1.77 bits per heavy atom. The Kier molecular flexibility index (Phi) is 7.14. The van der Waals surface area contributed by atoms with Crippen molar-refractivity contribution >= 4 is 34.6 Å². The van der Waals surface area contributed by atoms with Crippen LogP contribution in [0.2, 0.25) is 0 Å². The summed E-state index contributed by atoms with van der Waals surface area (Å²) in [5.74, 6) is -1.06. The number of carbonyl (C=O) groups is 2. The molecule has 39 heavy (non-hydrogen) atoms. The highest BCUT2D eigenvalue weighted by Gasteiger charge is 2.36. The summed E-state index contributed by atoms with van der Waals surface area (Å²) in [6.07, 6.45) is 0.775. The molecule has 2 aromatic carbocycles. The molecule has 1 amide bonds. The number of aliphatic imine (C=N–C) groups is 1. The van der Waals surface area contributed by atoms with Gasteiger partial charge >= 0.3 is 5.97 Å². The molecule has 10 heteroatoms. The highest BCUT2D eigenvalue weighted by Crippen LogP contribution is 2.40. The summed E-state index contributed by atoms with van der Waals surface area (Å²) < 4.78 is 15.0. The van der Waals surface area contributed by atoms with E-state index in [2.05, 4.69) is 15.5 Å². The van der Waals surface area contributed by atoms with Gasteiger partial charge in [-0.05, 0) is 69.5 Å². The number of hydrogen-bond acceptors (Lipinski definition) is 6. The van der Waals surface area contributed by atoms with Crippen LogP contribution in [0.1, 0.15) is 58.2 Å². The molecule has 0 fully saturated rings. The van der Waals surface area contributed by atoms with E-state index in [4.69, 9.17) is 4.99 Å². The number of aromatic nitrogens is 3. The van der Waals surface area contributed by atoms with E-state index in [1.54, 1.807) is 30.4 Å². The van der Waals surface area contributed by atoms with Crippen molar-refractivity contribution in [3.63, 3.8) is 0 Å². The minimum atomic E-state index is -0.966.